The molecule has 1 fully saturated rings. The molecule has 2 rings (SSSR count). The van der Waals surface area contributed by atoms with Crippen LogP contribution in [-0.4, -0.2) is 13.7 Å². The van der Waals surface area contributed by atoms with Crippen molar-refractivity contribution in [2.24, 2.45) is 5.92 Å². The molecule has 0 aliphatic heterocycles. The molecule has 0 heterocycles. The van der Waals surface area contributed by atoms with Gasteiger partial charge in [-0.25, -0.2) is 0 Å². The SMILES string of the molecule is C=Cc1ccc(OC)c(OCC2CCCC2)c1Br. The van der Waals surface area contributed by atoms with Crippen molar-refractivity contribution in [1.29, 1.82) is 0 Å². The predicted molar refractivity (Wildman–Crippen MR) is 78.2 cm³/mol. The molecule has 1 saturated carbocycles. The first-order valence-electron chi connectivity index (χ1n) is 6.38. The molecule has 0 spiro atoms. The lowest BCUT2D eigenvalue weighted by atomic mass is 10.1. The summed E-state index contributed by atoms with van der Waals surface area (Å²) in [6.07, 6.45) is 7.03. The summed E-state index contributed by atoms with van der Waals surface area (Å²) in [6, 6.07) is 3.89. The molecule has 98 valence electrons. The summed E-state index contributed by atoms with van der Waals surface area (Å²) < 4.78 is 12.2. The van der Waals surface area contributed by atoms with Crippen molar-refractivity contribution in [2.45, 2.75) is 25.7 Å². The average Bonchev–Trinajstić information content (AvgIpc) is 2.90. The van der Waals surface area contributed by atoms with Crippen LogP contribution in [0.5, 0.6) is 11.5 Å². The van der Waals surface area contributed by atoms with Gasteiger partial charge in [-0.05, 0) is 52.4 Å². The Morgan fingerprint density at radius 1 is 1.39 bits per heavy atom. The Kier molecular flexibility index (Phi) is 4.70. The first kappa shape index (κ1) is 13.5. The maximum Gasteiger partial charge on any atom is 0.175 e. The van der Waals surface area contributed by atoms with E-state index < -0.39 is 0 Å². The van der Waals surface area contributed by atoms with Gasteiger partial charge in [-0.3, -0.25) is 0 Å². The monoisotopic (exact) mass is 310 g/mol. The molecular formula is C15H19BrO2. The van der Waals surface area contributed by atoms with Crippen LogP contribution >= 0.6 is 15.9 Å². The third kappa shape index (κ3) is 2.89. The van der Waals surface area contributed by atoms with Crippen LogP contribution in [0, 0.1) is 5.92 Å². The van der Waals surface area contributed by atoms with Gasteiger partial charge in [0, 0.05) is 0 Å². The third-order valence-corrected chi connectivity index (χ3v) is 4.29. The fourth-order valence-corrected chi connectivity index (χ4v) is 2.99. The van der Waals surface area contributed by atoms with Crippen LogP contribution in [0.1, 0.15) is 31.2 Å². The van der Waals surface area contributed by atoms with Gasteiger partial charge in [0.05, 0.1) is 18.2 Å². The molecule has 18 heavy (non-hydrogen) atoms. The second kappa shape index (κ2) is 6.28. The minimum Gasteiger partial charge on any atom is -0.493 e. The summed E-state index contributed by atoms with van der Waals surface area (Å²) in [5.74, 6) is 2.25. The molecule has 0 aromatic heterocycles. The van der Waals surface area contributed by atoms with E-state index in [9.17, 15) is 0 Å². The smallest absolute Gasteiger partial charge is 0.175 e. The molecule has 1 aromatic rings. The highest BCUT2D eigenvalue weighted by Gasteiger charge is 2.18. The van der Waals surface area contributed by atoms with Crippen molar-refractivity contribution in [3.8, 4) is 11.5 Å². The zero-order valence-corrected chi connectivity index (χ0v) is 12.3. The largest absolute Gasteiger partial charge is 0.493 e. The van der Waals surface area contributed by atoms with Gasteiger partial charge in [0.15, 0.2) is 11.5 Å². The molecule has 0 amide bonds. The van der Waals surface area contributed by atoms with Crippen molar-refractivity contribution in [1.82, 2.24) is 0 Å². The zero-order valence-electron chi connectivity index (χ0n) is 10.7. The van der Waals surface area contributed by atoms with Gasteiger partial charge in [0.1, 0.15) is 0 Å². The fourth-order valence-electron chi connectivity index (χ4n) is 2.38. The molecule has 1 aliphatic carbocycles. The van der Waals surface area contributed by atoms with Crippen molar-refractivity contribution in [3.05, 3.63) is 28.7 Å². The van der Waals surface area contributed by atoms with Crippen molar-refractivity contribution in [3.63, 3.8) is 0 Å². The van der Waals surface area contributed by atoms with Crippen LogP contribution in [0.3, 0.4) is 0 Å². The lowest BCUT2D eigenvalue weighted by Crippen LogP contribution is -2.09. The topological polar surface area (TPSA) is 18.5 Å². The van der Waals surface area contributed by atoms with Crippen LogP contribution in [0.25, 0.3) is 6.08 Å². The van der Waals surface area contributed by atoms with E-state index in [1.807, 2.05) is 18.2 Å². The summed E-state index contributed by atoms with van der Waals surface area (Å²) in [6.45, 7) is 4.57. The zero-order chi connectivity index (χ0) is 13.0. The molecule has 0 saturated heterocycles. The first-order valence-corrected chi connectivity index (χ1v) is 7.17. The van der Waals surface area contributed by atoms with Gasteiger partial charge in [-0.15, -0.1) is 0 Å². The Morgan fingerprint density at radius 2 is 2.11 bits per heavy atom. The highest BCUT2D eigenvalue weighted by atomic mass is 79.9. The molecule has 0 N–H and O–H groups in total. The molecule has 0 radical (unpaired) electrons. The summed E-state index contributed by atoms with van der Waals surface area (Å²) >= 11 is 3.57. The maximum atomic E-state index is 5.97. The molecule has 2 nitrogen and oxygen atoms in total. The number of rotatable bonds is 5. The highest BCUT2D eigenvalue weighted by molar-refractivity contribution is 9.10. The molecular weight excluding hydrogens is 292 g/mol. The normalized spacial score (nSPS) is 15.7. The predicted octanol–water partition coefficient (Wildman–Crippen LogP) is 4.67. The molecule has 0 bridgehead atoms. The first-order chi connectivity index (χ1) is 8.76. The van der Waals surface area contributed by atoms with Gasteiger partial charge in [-0.2, -0.15) is 0 Å². The molecule has 0 unspecified atom stereocenters. The van der Waals surface area contributed by atoms with E-state index in [4.69, 9.17) is 9.47 Å². The second-order valence-electron chi connectivity index (χ2n) is 4.67. The van der Waals surface area contributed by atoms with Gasteiger partial charge in [0.25, 0.3) is 0 Å². The molecule has 1 aromatic carbocycles. The summed E-state index contributed by atoms with van der Waals surface area (Å²) in [4.78, 5) is 0. The van der Waals surface area contributed by atoms with Crippen molar-refractivity contribution in [2.75, 3.05) is 13.7 Å². The third-order valence-electron chi connectivity index (χ3n) is 3.47. The standard InChI is InChI=1S/C15H19BrO2/c1-3-12-8-9-13(17-2)15(14(12)16)18-10-11-6-4-5-7-11/h3,8-9,11H,1,4-7,10H2,2H3. The highest BCUT2D eigenvalue weighted by Crippen LogP contribution is 2.39. The van der Waals surface area contributed by atoms with E-state index in [2.05, 4.69) is 22.5 Å². The lowest BCUT2D eigenvalue weighted by molar-refractivity contribution is 0.239. The Morgan fingerprint density at radius 3 is 2.72 bits per heavy atom. The number of halogens is 1. The summed E-state index contributed by atoms with van der Waals surface area (Å²) in [7, 11) is 1.66. The van der Waals surface area contributed by atoms with E-state index >= 15 is 0 Å². The fraction of sp³-hybridized carbons (Fsp3) is 0.467. The lowest BCUT2D eigenvalue weighted by Gasteiger charge is -2.16. The van der Waals surface area contributed by atoms with Crippen LogP contribution in [-0.2, 0) is 0 Å². The number of ether oxygens (including phenoxy) is 2. The Hall–Kier alpha value is -0.960. The minimum absolute atomic E-state index is 0.689. The van der Waals surface area contributed by atoms with E-state index in [1.165, 1.54) is 25.7 Å². The number of hydrogen-bond acceptors (Lipinski definition) is 2. The van der Waals surface area contributed by atoms with E-state index in [-0.39, 0.29) is 0 Å². The maximum absolute atomic E-state index is 5.97. The summed E-state index contributed by atoms with van der Waals surface area (Å²) in [5.41, 5.74) is 1.03. The Labute approximate surface area is 117 Å². The number of hydrogen-bond donors (Lipinski definition) is 0. The van der Waals surface area contributed by atoms with Gasteiger partial charge < -0.3 is 9.47 Å². The quantitative estimate of drug-likeness (QED) is 0.787. The van der Waals surface area contributed by atoms with Crippen LogP contribution < -0.4 is 9.47 Å². The number of benzene rings is 1. The second-order valence-corrected chi connectivity index (χ2v) is 5.46. The van der Waals surface area contributed by atoms with Crippen LogP contribution in [0.15, 0.2) is 23.2 Å². The minimum atomic E-state index is 0.689. The Balaban J connectivity index is 2.15. The molecule has 0 atom stereocenters. The van der Waals surface area contributed by atoms with Crippen molar-refractivity contribution >= 4 is 22.0 Å². The van der Waals surface area contributed by atoms with E-state index in [0.29, 0.717) is 5.92 Å². The van der Waals surface area contributed by atoms with Gasteiger partial charge in [-0.1, -0.05) is 25.5 Å². The van der Waals surface area contributed by atoms with Crippen LogP contribution in [0.2, 0.25) is 0 Å². The van der Waals surface area contributed by atoms with Crippen LogP contribution in [0.4, 0.5) is 0 Å². The molecule has 1 aliphatic rings. The van der Waals surface area contributed by atoms with E-state index in [0.717, 1.165) is 28.1 Å². The average molecular weight is 311 g/mol. The number of methoxy groups -OCH3 is 1. The van der Waals surface area contributed by atoms with Crippen molar-refractivity contribution < 1.29 is 9.47 Å². The van der Waals surface area contributed by atoms with Gasteiger partial charge >= 0.3 is 0 Å². The molecule has 3 heteroatoms. The summed E-state index contributed by atoms with van der Waals surface area (Å²) in [5, 5.41) is 0. The Bertz CT molecular complexity index is 423. The van der Waals surface area contributed by atoms with E-state index in [1.54, 1.807) is 7.11 Å². The van der Waals surface area contributed by atoms with Gasteiger partial charge in [0.2, 0.25) is 0 Å².